The van der Waals surface area contributed by atoms with Crippen molar-refractivity contribution in [2.75, 3.05) is 20.8 Å². The van der Waals surface area contributed by atoms with Crippen LogP contribution in [0.1, 0.15) is 12.8 Å². The van der Waals surface area contributed by atoms with Gasteiger partial charge in [-0.2, -0.15) is 0 Å². The molecule has 15 heteroatoms. The van der Waals surface area contributed by atoms with Crippen molar-refractivity contribution in [2.45, 2.75) is 18.9 Å². The van der Waals surface area contributed by atoms with Gasteiger partial charge in [0.2, 0.25) is 11.7 Å². The second kappa shape index (κ2) is 12.4. The van der Waals surface area contributed by atoms with Crippen molar-refractivity contribution in [2.24, 2.45) is 0 Å². The van der Waals surface area contributed by atoms with Gasteiger partial charge in [-0.25, -0.2) is 9.59 Å². The Hall–Kier alpha value is -5.47. The molecule has 0 spiro atoms. The van der Waals surface area contributed by atoms with Crippen molar-refractivity contribution in [3.05, 3.63) is 40.6 Å². The van der Waals surface area contributed by atoms with Crippen molar-refractivity contribution < 1.29 is 58.2 Å². The number of carboxylic acid groups (broad SMARTS) is 2. The predicted octanol–water partition coefficient (Wildman–Crippen LogP) is 1.41. The van der Waals surface area contributed by atoms with Gasteiger partial charge in [0.05, 0.1) is 14.2 Å². The quantitative estimate of drug-likeness (QED) is 0.195. The second-order valence-corrected chi connectivity index (χ2v) is 8.16. The number of fused-ring (bicyclic) bond motifs is 1. The number of rotatable bonds is 11. The van der Waals surface area contributed by atoms with Crippen LogP contribution in [-0.2, 0) is 14.4 Å². The normalized spacial score (nSPS) is 11.3. The van der Waals surface area contributed by atoms with E-state index in [1.54, 1.807) is 0 Å². The summed E-state index contributed by atoms with van der Waals surface area (Å²) in [6.45, 7) is -0.694. The zero-order valence-electron chi connectivity index (χ0n) is 21.0. The third kappa shape index (κ3) is 6.89. The topological polar surface area (TPSA) is 231 Å². The number of aliphatic carboxylic acids is 2. The summed E-state index contributed by atoms with van der Waals surface area (Å²) in [6, 6.07) is 4.47. The first-order chi connectivity index (χ1) is 18.9. The predicted molar refractivity (Wildman–Crippen MR) is 135 cm³/mol. The molecule has 0 bridgehead atoms. The summed E-state index contributed by atoms with van der Waals surface area (Å²) >= 11 is 0. The Labute approximate surface area is 224 Å². The van der Waals surface area contributed by atoms with Gasteiger partial charge in [0.1, 0.15) is 40.8 Å². The van der Waals surface area contributed by atoms with Crippen molar-refractivity contribution >= 4 is 34.9 Å². The number of methoxy groups -OCH3 is 2. The van der Waals surface area contributed by atoms with Crippen LogP contribution < -0.4 is 30.3 Å². The van der Waals surface area contributed by atoms with Crippen molar-refractivity contribution in [3.63, 3.8) is 0 Å². The molecule has 0 fully saturated rings. The standard InChI is InChI=1S/C25H24N2O13/c1-37-18-5-11(16-9-15(30)22-14(29)7-12(28)8-17(22)39-16)6-19(38-2)23(18)40-25(36)26-10-20(31)27-13(24(34)35)3-4-21(32)33/h5-9,13,28-29H,3-4,10H2,1-2H3,(H,26,36)(H,27,31)(H,32,33)(H,34,35). The van der Waals surface area contributed by atoms with Crippen LogP contribution >= 0.6 is 0 Å². The lowest BCUT2D eigenvalue weighted by Crippen LogP contribution is -2.46. The average molecular weight is 560 g/mol. The summed E-state index contributed by atoms with van der Waals surface area (Å²) < 4.78 is 21.5. The molecule has 1 unspecified atom stereocenters. The van der Waals surface area contributed by atoms with Crippen molar-refractivity contribution in [3.8, 4) is 40.1 Å². The first-order valence-electron chi connectivity index (χ1n) is 11.4. The van der Waals surface area contributed by atoms with Gasteiger partial charge in [0.25, 0.3) is 0 Å². The maximum Gasteiger partial charge on any atom is 0.413 e. The summed E-state index contributed by atoms with van der Waals surface area (Å²) in [6.07, 6.45) is -1.99. The first kappa shape index (κ1) is 29.1. The summed E-state index contributed by atoms with van der Waals surface area (Å²) in [5, 5.41) is 41.6. The Morgan fingerprint density at radius 2 is 1.62 bits per heavy atom. The lowest BCUT2D eigenvalue weighted by atomic mass is 10.1. The van der Waals surface area contributed by atoms with E-state index in [1.807, 2.05) is 0 Å². The van der Waals surface area contributed by atoms with E-state index in [9.17, 15) is 34.2 Å². The molecule has 1 atom stereocenters. The van der Waals surface area contributed by atoms with Crippen LogP contribution in [0.4, 0.5) is 4.79 Å². The van der Waals surface area contributed by atoms with Crippen LogP contribution in [0, 0.1) is 0 Å². The molecule has 3 rings (SSSR count). The van der Waals surface area contributed by atoms with Gasteiger partial charge in [-0.15, -0.1) is 0 Å². The van der Waals surface area contributed by atoms with Gasteiger partial charge < -0.3 is 49.7 Å². The molecule has 212 valence electrons. The first-order valence-corrected chi connectivity index (χ1v) is 11.4. The number of nitrogens with one attached hydrogen (secondary N) is 2. The Bertz CT molecular complexity index is 1500. The van der Waals surface area contributed by atoms with Crippen LogP contribution in [0.15, 0.2) is 39.5 Å². The molecule has 1 heterocycles. The monoisotopic (exact) mass is 560 g/mol. The number of aromatic hydroxyl groups is 2. The molecule has 1 aromatic heterocycles. The zero-order chi connectivity index (χ0) is 29.6. The van der Waals surface area contributed by atoms with E-state index in [1.165, 1.54) is 26.4 Å². The Morgan fingerprint density at radius 1 is 0.975 bits per heavy atom. The van der Waals surface area contributed by atoms with Crippen molar-refractivity contribution in [1.29, 1.82) is 0 Å². The molecule has 40 heavy (non-hydrogen) atoms. The SMILES string of the molecule is COc1cc(-c2cc(=O)c3c(O)cc(O)cc3o2)cc(OC)c1OC(=O)NCC(=O)NC(CCC(=O)O)C(=O)O. The maximum absolute atomic E-state index is 12.6. The molecule has 0 aliphatic rings. The zero-order valence-corrected chi connectivity index (χ0v) is 21.0. The molecule has 0 saturated carbocycles. The molecule has 6 N–H and O–H groups in total. The minimum atomic E-state index is -1.47. The minimum Gasteiger partial charge on any atom is -0.508 e. The van der Waals surface area contributed by atoms with Gasteiger partial charge in [-0.3, -0.25) is 14.4 Å². The van der Waals surface area contributed by atoms with E-state index in [0.29, 0.717) is 0 Å². The number of phenols is 2. The number of amides is 2. The lowest BCUT2D eigenvalue weighted by molar-refractivity contribution is -0.142. The van der Waals surface area contributed by atoms with E-state index in [2.05, 4.69) is 10.6 Å². The van der Waals surface area contributed by atoms with E-state index >= 15 is 0 Å². The number of ether oxygens (including phenoxy) is 3. The van der Waals surface area contributed by atoms with Crippen LogP contribution in [-0.4, -0.2) is 71.2 Å². The summed E-state index contributed by atoms with van der Waals surface area (Å²) in [4.78, 5) is 58.9. The Balaban J connectivity index is 1.79. The van der Waals surface area contributed by atoms with E-state index < -0.39 is 54.1 Å². The number of carboxylic acids is 2. The van der Waals surface area contributed by atoms with Crippen molar-refractivity contribution in [1.82, 2.24) is 10.6 Å². The van der Waals surface area contributed by atoms with Crippen LogP contribution in [0.5, 0.6) is 28.7 Å². The van der Waals surface area contributed by atoms with Gasteiger partial charge in [-0.05, 0) is 18.6 Å². The summed E-state index contributed by atoms with van der Waals surface area (Å²) in [5.74, 6) is -4.69. The molecule has 0 aliphatic carbocycles. The molecule has 0 saturated heterocycles. The Kier molecular flexibility index (Phi) is 9.01. The highest BCUT2D eigenvalue weighted by Crippen LogP contribution is 2.42. The third-order valence-electron chi connectivity index (χ3n) is 5.41. The molecule has 2 aromatic carbocycles. The third-order valence-corrected chi connectivity index (χ3v) is 5.41. The van der Waals surface area contributed by atoms with Crippen LogP contribution in [0.3, 0.4) is 0 Å². The van der Waals surface area contributed by atoms with Gasteiger partial charge in [-0.1, -0.05) is 0 Å². The van der Waals surface area contributed by atoms with Gasteiger partial charge >= 0.3 is 18.0 Å². The number of hydrogen-bond donors (Lipinski definition) is 6. The molecule has 2 amide bonds. The van der Waals surface area contributed by atoms with Gasteiger partial charge in [0, 0.05) is 30.2 Å². The molecule has 15 nitrogen and oxygen atoms in total. The highest BCUT2D eigenvalue weighted by Gasteiger charge is 2.23. The molecule has 3 aromatic rings. The smallest absolute Gasteiger partial charge is 0.413 e. The van der Waals surface area contributed by atoms with Crippen LogP contribution in [0.2, 0.25) is 0 Å². The molecule has 0 aliphatic heterocycles. The van der Waals surface area contributed by atoms with E-state index in [-0.39, 0.29) is 51.7 Å². The van der Waals surface area contributed by atoms with E-state index in [4.69, 9.17) is 28.8 Å². The number of phenolic OH excluding ortho intramolecular Hbond substituents is 2. The fraction of sp³-hybridized carbons (Fsp3) is 0.240. The summed E-state index contributed by atoms with van der Waals surface area (Å²) in [5.41, 5.74) is -0.453. The number of hydrogen-bond acceptors (Lipinski definition) is 11. The Morgan fingerprint density at radius 3 is 2.20 bits per heavy atom. The number of carbonyl (C=O) groups excluding carboxylic acids is 2. The lowest BCUT2D eigenvalue weighted by Gasteiger charge is -2.16. The largest absolute Gasteiger partial charge is 0.508 e. The van der Waals surface area contributed by atoms with Crippen LogP contribution in [0.25, 0.3) is 22.3 Å². The fourth-order valence-electron chi connectivity index (χ4n) is 3.57. The maximum atomic E-state index is 12.6. The summed E-state index contributed by atoms with van der Waals surface area (Å²) in [7, 11) is 2.51. The molecule has 0 radical (unpaired) electrons. The molecular weight excluding hydrogens is 536 g/mol. The second-order valence-electron chi connectivity index (χ2n) is 8.16. The number of benzene rings is 2. The molecular formula is C25H24N2O13. The van der Waals surface area contributed by atoms with E-state index in [0.717, 1.165) is 18.2 Å². The number of carbonyl (C=O) groups is 4. The van der Waals surface area contributed by atoms with Gasteiger partial charge in [0.15, 0.2) is 16.9 Å². The average Bonchev–Trinajstić information content (AvgIpc) is 2.88. The highest BCUT2D eigenvalue weighted by molar-refractivity contribution is 5.88. The fourth-order valence-corrected chi connectivity index (χ4v) is 3.57. The minimum absolute atomic E-state index is 0.00246. The highest BCUT2D eigenvalue weighted by atomic mass is 16.6.